The number of nitrogens with two attached hydrogens (primary N) is 1. The summed E-state index contributed by atoms with van der Waals surface area (Å²) in [7, 11) is 0. The molecule has 0 bridgehead atoms. The third-order valence-electron chi connectivity index (χ3n) is 2.80. The smallest absolute Gasteiger partial charge is 0.327 e. The molecule has 0 spiro atoms. The molecule has 0 aliphatic carbocycles. The van der Waals surface area contributed by atoms with Crippen LogP contribution in [0.4, 0.5) is 13.2 Å². The van der Waals surface area contributed by atoms with Gasteiger partial charge in [0.25, 0.3) is 0 Å². The Balaban J connectivity index is 2.18. The molecule has 2 heterocycles. The lowest BCUT2D eigenvalue weighted by molar-refractivity contribution is -0.137. The Bertz CT molecular complexity index is 570. The van der Waals surface area contributed by atoms with Crippen molar-refractivity contribution in [3.8, 4) is 0 Å². The van der Waals surface area contributed by atoms with Crippen molar-refractivity contribution >= 4 is 11.8 Å². The molecular formula is C14H14F3N3S. The first-order chi connectivity index (χ1) is 9.88. The third kappa shape index (κ3) is 4.18. The Morgan fingerprint density at radius 1 is 1.19 bits per heavy atom. The molecule has 2 aromatic heterocycles. The molecule has 0 fully saturated rings. The van der Waals surface area contributed by atoms with E-state index in [-0.39, 0.29) is 11.3 Å². The summed E-state index contributed by atoms with van der Waals surface area (Å²) >= 11 is 1.33. The maximum Gasteiger partial charge on any atom is 0.417 e. The van der Waals surface area contributed by atoms with Crippen LogP contribution in [0, 0.1) is 0 Å². The minimum atomic E-state index is -4.37. The Hall–Kier alpha value is -1.60. The van der Waals surface area contributed by atoms with Gasteiger partial charge in [-0.2, -0.15) is 13.2 Å². The SMILES string of the molecule is CC(N)C(Sc1ccc(C(F)(F)F)cn1)c1cccnc1. The van der Waals surface area contributed by atoms with E-state index in [1.54, 1.807) is 18.5 Å². The highest BCUT2D eigenvalue weighted by atomic mass is 32.2. The molecule has 0 aliphatic rings. The van der Waals surface area contributed by atoms with E-state index >= 15 is 0 Å². The molecule has 3 nitrogen and oxygen atoms in total. The second-order valence-electron chi connectivity index (χ2n) is 4.57. The van der Waals surface area contributed by atoms with Crippen LogP contribution in [-0.4, -0.2) is 16.0 Å². The molecule has 0 aliphatic heterocycles. The van der Waals surface area contributed by atoms with Gasteiger partial charge < -0.3 is 5.73 Å². The summed E-state index contributed by atoms with van der Waals surface area (Å²) in [5.41, 5.74) is 6.12. The van der Waals surface area contributed by atoms with Gasteiger partial charge in [-0.3, -0.25) is 4.98 Å². The van der Waals surface area contributed by atoms with E-state index in [9.17, 15) is 13.2 Å². The van der Waals surface area contributed by atoms with Crippen LogP contribution in [0.5, 0.6) is 0 Å². The van der Waals surface area contributed by atoms with Crippen molar-refractivity contribution < 1.29 is 13.2 Å². The number of rotatable bonds is 4. The molecule has 2 aromatic rings. The van der Waals surface area contributed by atoms with Gasteiger partial charge >= 0.3 is 6.18 Å². The van der Waals surface area contributed by atoms with Crippen molar-refractivity contribution in [1.82, 2.24) is 9.97 Å². The van der Waals surface area contributed by atoms with Gasteiger partial charge in [-0.25, -0.2) is 4.98 Å². The first kappa shape index (κ1) is 15.8. The van der Waals surface area contributed by atoms with Crippen LogP contribution in [0.15, 0.2) is 47.9 Å². The molecule has 7 heteroatoms. The second kappa shape index (κ2) is 6.44. The monoisotopic (exact) mass is 313 g/mol. The van der Waals surface area contributed by atoms with Crippen molar-refractivity contribution in [2.75, 3.05) is 0 Å². The zero-order valence-corrected chi connectivity index (χ0v) is 12.0. The summed E-state index contributed by atoms with van der Waals surface area (Å²) < 4.78 is 37.5. The Labute approximate surface area is 124 Å². The van der Waals surface area contributed by atoms with Gasteiger partial charge in [-0.05, 0) is 30.7 Å². The molecule has 21 heavy (non-hydrogen) atoms. The van der Waals surface area contributed by atoms with Crippen LogP contribution in [0.2, 0.25) is 0 Å². The summed E-state index contributed by atoms with van der Waals surface area (Å²) in [5, 5.41) is 0.372. The minimum absolute atomic E-state index is 0.122. The second-order valence-corrected chi connectivity index (χ2v) is 5.73. The van der Waals surface area contributed by atoms with Crippen LogP contribution in [-0.2, 0) is 6.18 Å². The van der Waals surface area contributed by atoms with Gasteiger partial charge in [-0.1, -0.05) is 17.8 Å². The predicted molar refractivity (Wildman–Crippen MR) is 75.7 cm³/mol. The first-order valence-corrected chi connectivity index (χ1v) is 7.11. The lowest BCUT2D eigenvalue weighted by atomic mass is 10.1. The Morgan fingerprint density at radius 2 is 1.95 bits per heavy atom. The molecule has 2 N–H and O–H groups in total. The number of hydrogen-bond acceptors (Lipinski definition) is 4. The van der Waals surface area contributed by atoms with Gasteiger partial charge in [-0.15, -0.1) is 0 Å². The Kier molecular flexibility index (Phi) is 4.84. The van der Waals surface area contributed by atoms with Crippen LogP contribution in [0.25, 0.3) is 0 Å². The number of thioether (sulfide) groups is 1. The van der Waals surface area contributed by atoms with Gasteiger partial charge in [0.15, 0.2) is 0 Å². The van der Waals surface area contributed by atoms with E-state index < -0.39 is 11.7 Å². The number of halogens is 3. The van der Waals surface area contributed by atoms with Crippen LogP contribution < -0.4 is 5.73 Å². The normalized spacial score (nSPS) is 14.7. The molecule has 0 saturated carbocycles. The van der Waals surface area contributed by atoms with Crippen molar-refractivity contribution in [3.05, 3.63) is 54.0 Å². The zero-order chi connectivity index (χ0) is 15.5. The zero-order valence-electron chi connectivity index (χ0n) is 11.2. The fourth-order valence-corrected chi connectivity index (χ4v) is 2.78. The van der Waals surface area contributed by atoms with E-state index in [1.807, 2.05) is 13.0 Å². The molecular weight excluding hydrogens is 299 g/mol. The number of alkyl halides is 3. The van der Waals surface area contributed by atoms with Gasteiger partial charge in [0.1, 0.15) is 0 Å². The van der Waals surface area contributed by atoms with E-state index in [0.29, 0.717) is 5.03 Å². The average molecular weight is 313 g/mol. The van der Waals surface area contributed by atoms with E-state index in [4.69, 9.17) is 5.73 Å². The van der Waals surface area contributed by atoms with Crippen LogP contribution in [0.3, 0.4) is 0 Å². The number of pyridine rings is 2. The molecule has 0 saturated heterocycles. The number of nitrogens with zero attached hydrogens (tertiary/aromatic N) is 2. The van der Waals surface area contributed by atoms with Gasteiger partial charge in [0.05, 0.1) is 15.8 Å². The fraction of sp³-hybridized carbons (Fsp3) is 0.286. The molecule has 0 aromatic carbocycles. The quantitative estimate of drug-likeness (QED) is 0.875. The molecule has 2 atom stereocenters. The summed E-state index contributed by atoms with van der Waals surface area (Å²) in [6, 6.07) is 5.88. The third-order valence-corrected chi connectivity index (χ3v) is 4.24. The lowest BCUT2D eigenvalue weighted by Crippen LogP contribution is -2.22. The van der Waals surface area contributed by atoms with Crippen molar-refractivity contribution in [3.63, 3.8) is 0 Å². The number of hydrogen-bond donors (Lipinski definition) is 1. The molecule has 2 unspecified atom stereocenters. The number of aromatic nitrogens is 2. The highest BCUT2D eigenvalue weighted by Gasteiger charge is 2.30. The average Bonchev–Trinajstić information content (AvgIpc) is 2.45. The maximum absolute atomic E-state index is 12.5. The maximum atomic E-state index is 12.5. The molecule has 0 amide bonds. The van der Waals surface area contributed by atoms with Gasteiger partial charge in [0, 0.05) is 24.6 Å². The summed E-state index contributed by atoms with van der Waals surface area (Å²) in [6.07, 6.45) is -0.183. The Morgan fingerprint density at radius 3 is 2.43 bits per heavy atom. The van der Waals surface area contributed by atoms with Crippen molar-refractivity contribution in [1.29, 1.82) is 0 Å². The summed E-state index contributed by atoms with van der Waals surface area (Å²) in [6.45, 7) is 1.84. The topological polar surface area (TPSA) is 51.8 Å². The summed E-state index contributed by atoms with van der Waals surface area (Å²) in [5.74, 6) is 0. The van der Waals surface area contributed by atoms with Crippen LogP contribution in [0.1, 0.15) is 23.3 Å². The standard InChI is InChI=1S/C14H14F3N3S/c1-9(18)13(10-3-2-6-19-7-10)21-12-5-4-11(8-20-12)14(15,16)17/h2-9,13H,18H2,1H3. The summed E-state index contributed by atoms with van der Waals surface area (Å²) in [4.78, 5) is 7.90. The first-order valence-electron chi connectivity index (χ1n) is 6.23. The van der Waals surface area contributed by atoms with E-state index in [2.05, 4.69) is 9.97 Å². The molecule has 0 radical (unpaired) electrons. The predicted octanol–water partition coefficient (Wildman–Crippen LogP) is 3.68. The minimum Gasteiger partial charge on any atom is -0.327 e. The molecule has 112 valence electrons. The fourth-order valence-electron chi connectivity index (χ4n) is 1.77. The van der Waals surface area contributed by atoms with Crippen molar-refractivity contribution in [2.24, 2.45) is 5.73 Å². The largest absolute Gasteiger partial charge is 0.417 e. The molecule has 2 rings (SSSR count). The van der Waals surface area contributed by atoms with E-state index in [0.717, 1.165) is 17.8 Å². The van der Waals surface area contributed by atoms with Crippen molar-refractivity contribution in [2.45, 2.75) is 29.4 Å². The highest BCUT2D eigenvalue weighted by molar-refractivity contribution is 7.99. The van der Waals surface area contributed by atoms with Crippen LogP contribution >= 0.6 is 11.8 Å². The van der Waals surface area contributed by atoms with E-state index in [1.165, 1.54) is 17.8 Å². The lowest BCUT2D eigenvalue weighted by Gasteiger charge is -2.20. The highest BCUT2D eigenvalue weighted by Crippen LogP contribution is 2.37. The van der Waals surface area contributed by atoms with Gasteiger partial charge in [0.2, 0.25) is 0 Å².